The molecule has 130 valence electrons. The van der Waals surface area contributed by atoms with Gasteiger partial charge in [0.1, 0.15) is 5.75 Å². The minimum Gasteiger partial charge on any atom is -0.496 e. The molecule has 2 aromatic carbocycles. The van der Waals surface area contributed by atoms with Crippen molar-refractivity contribution < 1.29 is 21.9 Å². The van der Waals surface area contributed by atoms with E-state index in [0.29, 0.717) is 23.0 Å². The van der Waals surface area contributed by atoms with Crippen molar-refractivity contribution in [2.75, 3.05) is 19.1 Å². The zero-order chi connectivity index (χ0) is 17.9. The summed E-state index contributed by atoms with van der Waals surface area (Å²) in [7, 11) is -1.24. The lowest BCUT2D eigenvalue weighted by molar-refractivity contribution is 0.234. The number of sulfone groups is 1. The van der Waals surface area contributed by atoms with Gasteiger partial charge in [0.25, 0.3) is 0 Å². The molecule has 2 aromatic rings. The number of benzene rings is 2. The number of hydrogen-bond donors (Lipinski definition) is 0. The van der Waals surface area contributed by atoms with Crippen LogP contribution in [-0.2, 0) is 16.4 Å². The summed E-state index contributed by atoms with van der Waals surface area (Å²) in [5.74, 6) is -2.76. The smallest absolute Gasteiger partial charge is 0.341 e. The molecule has 0 fully saturated rings. The van der Waals surface area contributed by atoms with Gasteiger partial charge in [0.2, 0.25) is 9.84 Å². The number of anilines is 1. The molecule has 0 radical (unpaired) electrons. The molecule has 0 unspecified atom stereocenters. The Kier molecular flexibility index (Phi) is 5.66. The summed E-state index contributed by atoms with van der Waals surface area (Å²) in [4.78, 5) is 1.42. The highest BCUT2D eigenvalue weighted by Gasteiger charge is 2.26. The third kappa shape index (κ3) is 3.96. The van der Waals surface area contributed by atoms with Crippen LogP contribution in [0.4, 0.5) is 14.5 Å². The molecule has 0 heterocycles. The summed E-state index contributed by atoms with van der Waals surface area (Å²) in [5, 5.41) is 0.567. The molecule has 0 bridgehead atoms. The predicted molar refractivity (Wildman–Crippen MR) is 89.7 cm³/mol. The average molecular weight is 376 g/mol. The van der Waals surface area contributed by atoms with Crippen LogP contribution >= 0.6 is 11.6 Å². The van der Waals surface area contributed by atoms with Gasteiger partial charge < -0.3 is 9.64 Å². The van der Waals surface area contributed by atoms with E-state index in [9.17, 15) is 17.2 Å². The highest BCUT2D eigenvalue weighted by molar-refractivity contribution is 7.91. The van der Waals surface area contributed by atoms with Crippen LogP contribution in [0.2, 0.25) is 5.02 Å². The van der Waals surface area contributed by atoms with E-state index in [0.717, 1.165) is 5.56 Å². The first-order chi connectivity index (χ1) is 11.3. The van der Waals surface area contributed by atoms with E-state index < -0.39 is 20.5 Å². The highest BCUT2D eigenvalue weighted by Crippen LogP contribution is 2.27. The zero-order valence-electron chi connectivity index (χ0n) is 13.0. The summed E-state index contributed by atoms with van der Waals surface area (Å²) in [6, 6.07) is 10.5. The van der Waals surface area contributed by atoms with Gasteiger partial charge in [0, 0.05) is 29.9 Å². The molecule has 0 atom stereocenters. The Bertz CT molecular complexity index is 811. The maximum Gasteiger partial charge on any atom is 0.341 e. The van der Waals surface area contributed by atoms with Gasteiger partial charge in [-0.1, -0.05) is 11.6 Å². The standard InChI is InChI=1S/C16H16ClF2NO3S/c1-20(10-11-9-12(17)3-8-15(11)23-2)13-4-6-14(7-5-13)24(21,22)16(18)19/h3-9,16H,10H2,1-2H3. The normalized spacial score (nSPS) is 11.6. The van der Waals surface area contributed by atoms with Gasteiger partial charge in [-0.25, -0.2) is 8.42 Å². The summed E-state index contributed by atoms with van der Waals surface area (Å²) in [6.07, 6.45) is 0. The molecule has 8 heteroatoms. The Hall–Kier alpha value is -1.86. The Labute approximate surface area is 144 Å². The van der Waals surface area contributed by atoms with Crippen molar-refractivity contribution in [3.05, 3.63) is 53.1 Å². The lowest BCUT2D eigenvalue weighted by Gasteiger charge is -2.21. The molecular weight excluding hydrogens is 360 g/mol. The van der Waals surface area contributed by atoms with E-state index in [4.69, 9.17) is 16.3 Å². The fraction of sp³-hybridized carbons (Fsp3) is 0.250. The van der Waals surface area contributed by atoms with Crippen molar-refractivity contribution >= 4 is 27.1 Å². The SMILES string of the molecule is COc1ccc(Cl)cc1CN(C)c1ccc(S(=O)(=O)C(F)F)cc1. The van der Waals surface area contributed by atoms with Crippen LogP contribution in [0.3, 0.4) is 0 Å². The maximum atomic E-state index is 12.5. The molecule has 0 saturated carbocycles. The van der Waals surface area contributed by atoms with Gasteiger partial charge >= 0.3 is 5.76 Å². The van der Waals surface area contributed by atoms with Gasteiger partial charge in [-0.2, -0.15) is 8.78 Å². The monoisotopic (exact) mass is 375 g/mol. The van der Waals surface area contributed by atoms with E-state index in [1.54, 1.807) is 32.4 Å². The second kappa shape index (κ2) is 7.36. The summed E-state index contributed by atoms with van der Waals surface area (Å²) in [5.41, 5.74) is 1.52. The molecule has 24 heavy (non-hydrogen) atoms. The van der Waals surface area contributed by atoms with Crippen molar-refractivity contribution in [1.82, 2.24) is 0 Å². The number of alkyl halides is 2. The van der Waals surface area contributed by atoms with Crippen LogP contribution in [-0.4, -0.2) is 28.3 Å². The van der Waals surface area contributed by atoms with Gasteiger partial charge in [-0.05, 0) is 42.5 Å². The fourth-order valence-corrected chi connectivity index (χ4v) is 3.13. The third-order valence-electron chi connectivity index (χ3n) is 3.49. The lowest BCUT2D eigenvalue weighted by Crippen LogP contribution is -2.17. The molecule has 4 nitrogen and oxygen atoms in total. The summed E-state index contributed by atoms with van der Waals surface area (Å²) < 4.78 is 53.2. The van der Waals surface area contributed by atoms with Crippen LogP contribution in [0.15, 0.2) is 47.4 Å². The van der Waals surface area contributed by atoms with Crippen LogP contribution < -0.4 is 9.64 Å². The number of nitrogens with zero attached hydrogens (tertiary/aromatic N) is 1. The molecule has 0 N–H and O–H groups in total. The van der Waals surface area contributed by atoms with E-state index in [-0.39, 0.29) is 0 Å². The van der Waals surface area contributed by atoms with Gasteiger partial charge in [0.05, 0.1) is 12.0 Å². The molecular formula is C16H16ClF2NO3S. The Balaban J connectivity index is 2.22. The zero-order valence-corrected chi connectivity index (χ0v) is 14.6. The molecule has 0 aromatic heterocycles. The van der Waals surface area contributed by atoms with Crippen molar-refractivity contribution in [3.63, 3.8) is 0 Å². The fourth-order valence-electron chi connectivity index (χ4n) is 2.21. The minimum absolute atomic E-state index is 0.407. The Morgan fingerprint density at radius 3 is 2.33 bits per heavy atom. The first-order valence-corrected chi connectivity index (χ1v) is 8.84. The highest BCUT2D eigenvalue weighted by atomic mass is 35.5. The van der Waals surface area contributed by atoms with Crippen LogP contribution in [0, 0.1) is 0 Å². The average Bonchev–Trinajstić information content (AvgIpc) is 2.55. The molecule has 0 spiro atoms. The van der Waals surface area contributed by atoms with E-state index in [1.165, 1.54) is 24.3 Å². The third-order valence-corrected chi connectivity index (χ3v) is 5.12. The van der Waals surface area contributed by atoms with Gasteiger partial charge in [0.15, 0.2) is 0 Å². The Morgan fingerprint density at radius 1 is 1.17 bits per heavy atom. The van der Waals surface area contributed by atoms with Crippen molar-refractivity contribution in [1.29, 1.82) is 0 Å². The molecule has 2 rings (SSSR count). The van der Waals surface area contributed by atoms with E-state index in [1.807, 2.05) is 4.90 Å². The molecule has 0 aliphatic rings. The minimum atomic E-state index is -4.58. The van der Waals surface area contributed by atoms with Crippen LogP contribution in [0.25, 0.3) is 0 Å². The van der Waals surface area contributed by atoms with E-state index in [2.05, 4.69) is 0 Å². The molecule has 0 amide bonds. The van der Waals surface area contributed by atoms with Crippen molar-refractivity contribution in [2.24, 2.45) is 0 Å². The molecule has 0 aliphatic carbocycles. The second-order valence-electron chi connectivity index (χ2n) is 5.11. The van der Waals surface area contributed by atoms with Crippen LogP contribution in [0.1, 0.15) is 5.56 Å². The maximum absolute atomic E-state index is 12.5. The first-order valence-electron chi connectivity index (χ1n) is 6.91. The van der Waals surface area contributed by atoms with Crippen molar-refractivity contribution in [2.45, 2.75) is 17.2 Å². The summed E-state index contributed by atoms with van der Waals surface area (Å²) >= 11 is 5.99. The Morgan fingerprint density at radius 2 is 1.79 bits per heavy atom. The van der Waals surface area contributed by atoms with Gasteiger partial charge in [-0.3, -0.25) is 0 Å². The number of methoxy groups -OCH3 is 1. The second-order valence-corrected chi connectivity index (χ2v) is 7.47. The van der Waals surface area contributed by atoms with E-state index >= 15 is 0 Å². The van der Waals surface area contributed by atoms with Gasteiger partial charge in [-0.15, -0.1) is 0 Å². The lowest BCUT2D eigenvalue weighted by atomic mass is 10.2. The van der Waals surface area contributed by atoms with Crippen molar-refractivity contribution in [3.8, 4) is 5.75 Å². The quantitative estimate of drug-likeness (QED) is 0.766. The predicted octanol–water partition coefficient (Wildman–Crippen LogP) is 3.98. The van der Waals surface area contributed by atoms with Crippen LogP contribution in [0.5, 0.6) is 5.75 Å². The largest absolute Gasteiger partial charge is 0.496 e. The molecule has 0 saturated heterocycles. The number of halogens is 3. The number of hydrogen-bond acceptors (Lipinski definition) is 4. The number of rotatable bonds is 6. The number of ether oxygens (including phenoxy) is 1. The molecule has 0 aliphatic heterocycles. The first kappa shape index (κ1) is 18.5. The summed E-state index contributed by atoms with van der Waals surface area (Å²) in [6.45, 7) is 0.449. The topological polar surface area (TPSA) is 46.6 Å².